The van der Waals surface area contributed by atoms with Crippen LogP contribution in [0.1, 0.15) is 90.8 Å². The summed E-state index contributed by atoms with van der Waals surface area (Å²) in [6, 6.07) is 21.1. The van der Waals surface area contributed by atoms with Gasteiger partial charge in [0.1, 0.15) is 17.2 Å². The summed E-state index contributed by atoms with van der Waals surface area (Å²) >= 11 is 1.54. The van der Waals surface area contributed by atoms with Crippen LogP contribution in [-0.4, -0.2) is 23.2 Å². The molecule has 3 aromatic rings. The molecule has 5 nitrogen and oxygen atoms in total. The summed E-state index contributed by atoms with van der Waals surface area (Å²) in [5, 5.41) is 0. The van der Waals surface area contributed by atoms with Gasteiger partial charge in [-0.25, -0.2) is 4.98 Å². The summed E-state index contributed by atoms with van der Waals surface area (Å²) in [6.45, 7) is 17.0. The molecule has 228 valence electrons. The van der Waals surface area contributed by atoms with Gasteiger partial charge < -0.3 is 14.2 Å². The maximum Gasteiger partial charge on any atom is 0.312 e. The number of hydrogen-bond acceptors (Lipinski definition) is 6. The number of rotatable bonds is 15. The maximum absolute atomic E-state index is 12.7. The first kappa shape index (κ1) is 33.5. The molecular formula is C36H50N2O3S. The van der Waals surface area contributed by atoms with Crippen molar-refractivity contribution in [1.29, 1.82) is 0 Å². The van der Waals surface area contributed by atoms with Crippen LogP contribution < -0.4 is 9.46 Å². The second-order valence-electron chi connectivity index (χ2n) is 13.7. The molecule has 0 saturated carbocycles. The van der Waals surface area contributed by atoms with E-state index in [1.165, 1.54) is 23.1 Å². The minimum atomic E-state index is -0.490. The number of anilines is 1. The van der Waals surface area contributed by atoms with Gasteiger partial charge in [-0.15, -0.1) is 0 Å². The third-order valence-electron chi connectivity index (χ3n) is 7.13. The van der Waals surface area contributed by atoms with Gasteiger partial charge in [-0.05, 0) is 132 Å². The van der Waals surface area contributed by atoms with E-state index in [0.717, 1.165) is 60.6 Å². The molecule has 0 bridgehead atoms. The van der Waals surface area contributed by atoms with Crippen molar-refractivity contribution in [2.75, 3.05) is 11.3 Å². The van der Waals surface area contributed by atoms with Crippen molar-refractivity contribution in [2.45, 2.75) is 104 Å². The zero-order valence-electron chi connectivity index (χ0n) is 26.9. The normalized spacial score (nSPS) is 12.2. The van der Waals surface area contributed by atoms with Crippen LogP contribution in [0.25, 0.3) is 0 Å². The minimum Gasteiger partial charge on any atom is -0.493 e. The summed E-state index contributed by atoms with van der Waals surface area (Å²) in [4.78, 5) is 18.2. The van der Waals surface area contributed by atoms with Crippen molar-refractivity contribution >= 4 is 23.7 Å². The summed E-state index contributed by atoms with van der Waals surface area (Å²) in [7, 11) is 0. The van der Waals surface area contributed by atoms with Crippen LogP contribution in [0, 0.1) is 17.8 Å². The number of aromatic nitrogens is 1. The minimum absolute atomic E-state index is 0.0826. The number of pyridine rings is 1. The highest BCUT2D eigenvalue weighted by Crippen LogP contribution is 2.39. The van der Waals surface area contributed by atoms with E-state index in [2.05, 4.69) is 60.0 Å². The van der Waals surface area contributed by atoms with Crippen LogP contribution in [0.4, 0.5) is 5.82 Å². The molecule has 0 aliphatic heterocycles. The smallest absolute Gasteiger partial charge is 0.312 e. The van der Waals surface area contributed by atoms with Gasteiger partial charge >= 0.3 is 5.97 Å². The van der Waals surface area contributed by atoms with Gasteiger partial charge in [0.2, 0.25) is 0 Å². The standard InChI is InChI=1S/C36H50N2O3S/c1-27-12-21-32(37-25-27)38-42-31-19-17-30(18-20-31)40-24-22-29-15-13-28(14-16-29)11-9-10-23-35(5,6)26-36(7,8)33(39)41-34(2,3)4/h12-21,25H,9-11,22-24,26H2,1-8H3,(H,37,38). The van der Waals surface area contributed by atoms with Gasteiger partial charge in [0.25, 0.3) is 0 Å². The van der Waals surface area contributed by atoms with Gasteiger partial charge in [0, 0.05) is 17.5 Å². The number of aryl methyl sites for hydroxylation is 2. The second kappa shape index (κ2) is 15.0. The van der Waals surface area contributed by atoms with E-state index in [1.807, 2.05) is 72.0 Å². The van der Waals surface area contributed by atoms with Gasteiger partial charge in [-0.2, -0.15) is 0 Å². The van der Waals surface area contributed by atoms with E-state index in [-0.39, 0.29) is 11.4 Å². The molecular weight excluding hydrogens is 540 g/mol. The number of nitrogens with zero attached hydrogens (tertiary/aromatic N) is 1. The molecule has 42 heavy (non-hydrogen) atoms. The Bertz CT molecular complexity index is 1240. The lowest BCUT2D eigenvalue weighted by Crippen LogP contribution is -2.36. The van der Waals surface area contributed by atoms with Gasteiger partial charge in [0.15, 0.2) is 0 Å². The highest BCUT2D eigenvalue weighted by molar-refractivity contribution is 8.00. The Hall–Kier alpha value is -2.99. The highest BCUT2D eigenvalue weighted by Gasteiger charge is 2.37. The van der Waals surface area contributed by atoms with E-state index >= 15 is 0 Å². The second-order valence-corrected chi connectivity index (χ2v) is 14.6. The number of benzene rings is 2. The molecule has 0 radical (unpaired) electrons. The lowest BCUT2D eigenvalue weighted by Gasteiger charge is -2.35. The summed E-state index contributed by atoms with van der Waals surface area (Å²) in [5.41, 5.74) is 2.94. The van der Waals surface area contributed by atoms with Gasteiger partial charge in [0.05, 0.1) is 12.0 Å². The van der Waals surface area contributed by atoms with Crippen molar-refractivity contribution in [3.63, 3.8) is 0 Å². The van der Waals surface area contributed by atoms with Crippen molar-refractivity contribution in [3.8, 4) is 5.75 Å². The summed E-state index contributed by atoms with van der Waals surface area (Å²) < 4.78 is 14.9. The number of hydrogen-bond donors (Lipinski definition) is 1. The van der Waals surface area contributed by atoms with Crippen LogP contribution in [0.3, 0.4) is 0 Å². The Morgan fingerprint density at radius 1 is 0.833 bits per heavy atom. The van der Waals surface area contributed by atoms with Crippen molar-refractivity contribution in [1.82, 2.24) is 4.98 Å². The maximum atomic E-state index is 12.7. The molecule has 0 fully saturated rings. The number of unbranched alkanes of at least 4 members (excludes halogenated alkanes) is 1. The lowest BCUT2D eigenvalue weighted by atomic mass is 9.72. The first-order valence-electron chi connectivity index (χ1n) is 15.1. The number of esters is 1. The zero-order chi connectivity index (χ0) is 30.8. The summed E-state index contributed by atoms with van der Waals surface area (Å²) in [5.74, 6) is 1.62. The molecule has 0 atom stereocenters. The summed E-state index contributed by atoms with van der Waals surface area (Å²) in [6.07, 6.45) is 8.00. The SMILES string of the molecule is Cc1ccc(NSc2ccc(OCCc3ccc(CCCCC(C)(C)CC(C)(C)C(=O)OC(C)(C)C)cc3)cc2)nc1. The Kier molecular flexibility index (Phi) is 11.9. The molecule has 0 aliphatic rings. The van der Waals surface area contributed by atoms with Crippen LogP contribution in [-0.2, 0) is 22.4 Å². The van der Waals surface area contributed by atoms with E-state index in [1.54, 1.807) is 0 Å². The predicted octanol–water partition coefficient (Wildman–Crippen LogP) is 9.63. The van der Waals surface area contributed by atoms with Crippen LogP contribution in [0.2, 0.25) is 0 Å². The van der Waals surface area contributed by atoms with E-state index in [9.17, 15) is 4.79 Å². The molecule has 1 aromatic heterocycles. The van der Waals surface area contributed by atoms with Crippen LogP contribution >= 0.6 is 11.9 Å². The zero-order valence-corrected chi connectivity index (χ0v) is 27.7. The topological polar surface area (TPSA) is 60.5 Å². The molecule has 0 aliphatic carbocycles. The molecule has 1 heterocycles. The third-order valence-corrected chi connectivity index (χ3v) is 7.95. The highest BCUT2D eigenvalue weighted by atomic mass is 32.2. The Morgan fingerprint density at radius 2 is 1.48 bits per heavy atom. The average molecular weight is 591 g/mol. The quantitative estimate of drug-likeness (QED) is 0.108. The van der Waals surface area contributed by atoms with E-state index < -0.39 is 11.0 Å². The largest absolute Gasteiger partial charge is 0.493 e. The molecule has 0 unspecified atom stereocenters. The first-order chi connectivity index (χ1) is 19.7. The van der Waals surface area contributed by atoms with Crippen LogP contribution in [0.5, 0.6) is 5.75 Å². The Labute approximate surface area is 258 Å². The number of carbonyl (C=O) groups excluding carboxylic acids is 1. The number of carbonyl (C=O) groups is 1. The fraction of sp³-hybridized carbons (Fsp3) is 0.500. The molecule has 6 heteroatoms. The fourth-order valence-electron chi connectivity index (χ4n) is 5.11. The third kappa shape index (κ3) is 12.1. The molecule has 0 spiro atoms. The lowest BCUT2D eigenvalue weighted by molar-refractivity contribution is -0.167. The van der Waals surface area contributed by atoms with Crippen molar-refractivity contribution in [2.24, 2.45) is 10.8 Å². The van der Waals surface area contributed by atoms with E-state index in [0.29, 0.717) is 6.61 Å². The predicted molar refractivity (Wildman–Crippen MR) is 176 cm³/mol. The van der Waals surface area contributed by atoms with Crippen molar-refractivity contribution in [3.05, 3.63) is 83.6 Å². The fourth-order valence-corrected chi connectivity index (χ4v) is 5.72. The molecule has 1 N–H and O–H groups in total. The molecule has 0 saturated heterocycles. The Morgan fingerprint density at radius 3 is 2.07 bits per heavy atom. The molecule has 2 aromatic carbocycles. The number of ether oxygens (including phenoxy) is 2. The average Bonchev–Trinajstić information content (AvgIpc) is 2.91. The first-order valence-corrected chi connectivity index (χ1v) is 15.9. The van der Waals surface area contributed by atoms with E-state index in [4.69, 9.17) is 9.47 Å². The van der Waals surface area contributed by atoms with Crippen LogP contribution in [0.15, 0.2) is 71.8 Å². The monoisotopic (exact) mass is 590 g/mol. The molecule has 0 amide bonds. The van der Waals surface area contributed by atoms with Crippen molar-refractivity contribution < 1.29 is 14.3 Å². The molecule has 3 rings (SSSR count). The number of nitrogens with one attached hydrogen (secondary N) is 1. The van der Waals surface area contributed by atoms with Gasteiger partial charge in [-0.1, -0.05) is 50.6 Å². The Balaban J connectivity index is 1.33. The van der Waals surface area contributed by atoms with Gasteiger partial charge in [-0.3, -0.25) is 4.79 Å².